The van der Waals surface area contributed by atoms with Gasteiger partial charge in [0.25, 0.3) is 0 Å². The third-order valence-electron chi connectivity index (χ3n) is 5.65. The van der Waals surface area contributed by atoms with Gasteiger partial charge in [0, 0.05) is 18.8 Å². The third kappa shape index (κ3) is 6.99. The average Bonchev–Trinajstić information content (AvgIpc) is 3.65. The van der Waals surface area contributed by atoms with Gasteiger partial charge in [-0.25, -0.2) is 0 Å². The van der Waals surface area contributed by atoms with Gasteiger partial charge in [0.2, 0.25) is 0 Å². The van der Waals surface area contributed by atoms with Crippen molar-refractivity contribution in [2.45, 2.75) is 19.3 Å². The molecule has 8 heteroatoms. The van der Waals surface area contributed by atoms with E-state index in [0.29, 0.717) is 6.61 Å². The zero-order chi connectivity index (χ0) is 24.2. The van der Waals surface area contributed by atoms with Gasteiger partial charge in [-0.15, -0.1) is 0 Å². The van der Waals surface area contributed by atoms with Gasteiger partial charge >= 0.3 is 0 Å². The molecule has 182 valence electrons. The molecule has 3 heterocycles. The highest BCUT2D eigenvalue weighted by atomic mass is 16.5. The van der Waals surface area contributed by atoms with Crippen LogP contribution in [-0.2, 0) is 11.2 Å². The van der Waals surface area contributed by atoms with Crippen molar-refractivity contribution in [2.24, 2.45) is 5.92 Å². The molecule has 0 amide bonds. The van der Waals surface area contributed by atoms with Crippen molar-refractivity contribution in [1.82, 2.24) is 15.5 Å². The number of H-pyrrole nitrogens is 1. The molecule has 34 heavy (non-hydrogen) atoms. The first kappa shape index (κ1) is 25.1. The minimum atomic E-state index is -0.0189. The number of methoxy groups -OCH3 is 2. The number of nitrogens with zero attached hydrogens (tertiary/aromatic N) is 1. The summed E-state index contributed by atoms with van der Waals surface area (Å²) in [7, 11) is 5.16. The van der Waals surface area contributed by atoms with Crippen LogP contribution >= 0.6 is 0 Å². The minimum absolute atomic E-state index is 0.0189. The Hall–Kier alpha value is -3.52. The molecule has 0 radical (unpaired) electrons. The van der Waals surface area contributed by atoms with Crippen molar-refractivity contribution in [1.29, 1.82) is 0 Å². The molecular formula is C26H34N4O4. The van der Waals surface area contributed by atoms with Crippen LogP contribution in [0.25, 0.3) is 11.1 Å². The predicted molar refractivity (Wildman–Crippen MR) is 134 cm³/mol. The number of aromatic nitrogens is 2. The summed E-state index contributed by atoms with van der Waals surface area (Å²) in [6.07, 6.45) is 8.11. The van der Waals surface area contributed by atoms with Crippen LogP contribution in [0.1, 0.15) is 18.4 Å². The molecule has 3 aromatic rings. The fourth-order valence-electron chi connectivity index (χ4n) is 3.72. The number of hydrogen-bond donors (Lipinski definition) is 3. The van der Waals surface area contributed by atoms with Crippen LogP contribution in [0.4, 0.5) is 5.69 Å². The minimum Gasteiger partial charge on any atom is -0.497 e. The van der Waals surface area contributed by atoms with Crippen molar-refractivity contribution in [3.05, 3.63) is 54.4 Å². The van der Waals surface area contributed by atoms with Gasteiger partial charge in [0.15, 0.2) is 0 Å². The van der Waals surface area contributed by atoms with Crippen LogP contribution < -0.4 is 24.8 Å². The molecule has 2 aliphatic rings. The molecule has 0 aliphatic carbocycles. The molecule has 1 aromatic heterocycles. The van der Waals surface area contributed by atoms with Gasteiger partial charge in [0.05, 0.1) is 38.6 Å². The van der Waals surface area contributed by atoms with E-state index >= 15 is 0 Å². The maximum Gasteiger partial charge on any atom is 0.142 e. The zero-order valence-electron chi connectivity index (χ0n) is 20.1. The monoisotopic (exact) mass is 466 g/mol. The summed E-state index contributed by atoms with van der Waals surface area (Å²) in [5, 5.41) is 13.0. The molecule has 1 fully saturated rings. The van der Waals surface area contributed by atoms with E-state index in [4.69, 9.17) is 14.2 Å². The fraction of sp³-hybridized carbons (Fsp3) is 0.385. The number of anilines is 1. The average molecular weight is 467 g/mol. The highest BCUT2D eigenvalue weighted by molar-refractivity contribution is 5.69. The van der Waals surface area contributed by atoms with Crippen LogP contribution in [0.15, 0.2) is 48.8 Å². The number of fused-ring (bicyclic) bond motifs is 1. The Labute approximate surface area is 201 Å². The number of carbonyl (C=O) groups excluding carboxylic acids is 1. The molecule has 2 aliphatic heterocycles. The molecule has 3 N–H and O–H groups in total. The molecule has 1 saturated heterocycles. The third-order valence-corrected chi connectivity index (χ3v) is 5.65. The molecule has 2 aromatic carbocycles. The molecule has 1 unspecified atom stereocenters. The van der Waals surface area contributed by atoms with Gasteiger partial charge in [0.1, 0.15) is 23.5 Å². The van der Waals surface area contributed by atoms with Crippen molar-refractivity contribution >= 4 is 12.0 Å². The lowest BCUT2D eigenvalue weighted by Crippen LogP contribution is -2.21. The maximum atomic E-state index is 10.6. The van der Waals surface area contributed by atoms with Gasteiger partial charge < -0.3 is 29.6 Å². The Kier molecular flexibility index (Phi) is 9.79. The molecule has 0 bridgehead atoms. The number of benzene rings is 2. The first-order valence-electron chi connectivity index (χ1n) is 11.5. The van der Waals surface area contributed by atoms with Crippen molar-refractivity contribution in [3.8, 4) is 28.4 Å². The molecular weight excluding hydrogens is 432 g/mol. The van der Waals surface area contributed by atoms with E-state index in [-0.39, 0.29) is 5.92 Å². The van der Waals surface area contributed by atoms with Crippen molar-refractivity contribution in [2.75, 3.05) is 46.3 Å². The summed E-state index contributed by atoms with van der Waals surface area (Å²) < 4.78 is 15.8. The van der Waals surface area contributed by atoms with Gasteiger partial charge in [-0.3, -0.25) is 5.10 Å². The summed E-state index contributed by atoms with van der Waals surface area (Å²) in [6, 6.07) is 11.7. The summed E-state index contributed by atoms with van der Waals surface area (Å²) in [5.41, 5.74) is 4.16. The maximum absolute atomic E-state index is 10.6. The van der Waals surface area contributed by atoms with Crippen LogP contribution in [0.3, 0.4) is 0 Å². The summed E-state index contributed by atoms with van der Waals surface area (Å²) in [4.78, 5) is 10.6. The number of aromatic amines is 1. The summed E-state index contributed by atoms with van der Waals surface area (Å²) in [5.74, 6) is 2.48. The Morgan fingerprint density at radius 3 is 2.50 bits per heavy atom. The van der Waals surface area contributed by atoms with E-state index < -0.39 is 0 Å². The Bertz CT molecular complexity index is 1010. The standard InChI is InChI=1S/C11H13N3O.C11H12O3.C4H9N/c1-12-10-4-3-8(5-11(10)15-2)9-6-13-14-7-9;1-13-10-2-3-11-9(5-10)4-8(6-12)7-14-11;1-2-4-5-3-1/h3-7,12H,1-2H3,(H,13,14);2-3,5-6,8H,4,7H2,1H3;5H,1-4H2. The van der Waals surface area contributed by atoms with Crippen molar-refractivity contribution < 1.29 is 19.0 Å². The van der Waals surface area contributed by atoms with Crippen LogP contribution in [0.2, 0.25) is 0 Å². The molecule has 0 saturated carbocycles. The van der Waals surface area contributed by atoms with Crippen LogP contribution in [0.5, 0.6) is 17.2 Å². The van der Waals surface area contributed by atoms with E-state index in [1.807, 2.05) is 49.6 Å². The first-order chi connectivity index (χ1) is 16.7. The second-order valence-electron chi connectivity index (χ2n) is 7.99. The number of carbonyl (C=O) groups is 1. The first-order valence-corrected chi connectivity index (χ1v) is 11.5. The van der Waals surface area contributed by atoms with Crippen molar-refractivity contribution in [3.63, 3.8) is 0 Å². The number of nitrogens with one attached hydrogen (secondary N) is 3. The normalized spacial score (nSPS) is 15.9. The van der Waals surface area contributed by atoms with E-state index in [2.05, 4.69) is 20.8 Å². The molecule has 8 nitrogen and oxygen atoms in total. The van der Waals surface area contributed by atoms with E-state index in [1.165, 1.54) is 25.9 Å². The van der Waals surface area contributed by atoms with Crippen LogP contribution in [-0.4, -0.2) is 57.4 Å². The smallest absolute Gasteiger partial charge is 0.142 e. The Morgan fingerprint density at radius 2 is 1.91 bits per heavy atom. The zero-order valence-corrected chi connectivity index (χ0v) is 20.1. The topological polar surface area (TPSA) is 97.5 Å². The lowest BCUT2D eigenvalue weighted by Gasteiger charge is -2.21. The van der Waals surface area contributed by atoms with E-state index in [0.717, 1.165) is 52.3 Å². The number of rotatable bonds is 5. The highest BCUT2D eigenvalue weighted by Crippen LogP contribution is 2.30. The number of hydrogen-bond acceptors (Lipinski definition) is 7. The molecule has 0 spiro atoms. The van der Waals surface area contributed by atoms with Gasteiger partial charge in [-0.1, -0.05) is 6.07 Å². The largest absolute Gasteiger partial charge is 0.497 e. The number of ether oxygens (including phenoxy) is 3. The quantitative estimate of drug-likeness (QED) is 0.490. The Morgan fingerprint density at radius 1 is 1.09 bits per heavy atom. The van der Waals surface area contributed by atoms with E-state index in [9.17, 15) is 4.79 Å². The van der Waals surface area contributed by atoms with Gasteiger partial charge in [-0.2, -0.15) is 5.10 Å². The Balaban J connectivity index is 0.000000159. The second-order valence-corrected chi connectivity index (χ2v) is 7.99. The SMILES string of the molecule is C1CCNC1.CNc1ccc(-c2cn[nH]c2)cc1OC.COc1ccc2c(c1)CC(C=O)CO2. The highest BCUT2D eigenvalue weighted by Gasteiger charge is 2.19. The molecule has 5 rings (SSSR count). The van der Waals surface area contributed by atoms with Gasteiger partial charge in [-0.05, 0) is 73.8 Å². The summed E-state index contributed by atoms with van der Waals surface area (Å²) in [6.45, 7) is 2.99. The lowest BCUT2D eigenvalue weighted by molar-refractivity contribution is -0.112. The predicted octanol–water partition coefficient (Wildman–Crippen LogP) is 3.94. The lowest BCUT2D eigenvalue weighted by atomic mass is 9.98. The second kappa shape index (κ2) is 13.3. The fourth-order valence-corrected chi connectivity index (χ4v) is 3.72. The van der Waals surface area contributed by atoms with Crippen LogP contribution in [0, 0.1) is 5.92 Å². The molecule has 1 atom stereocenters. The number of aldehydes is 1. The van der Waals surface area contributed by atoms with E-state index in [1.54, 1.807) is 20.4 Å². The summed E-state index contributed by atoms with van der Waals surface area (Å²) >= 11 is 0.